The molecule has 0 unspecified atom stereocenters. The molecule has 6 nitrogen and oxygen atoms in total. The Morgan fingerprint density at radius 2 is 2.14 bits per heavy atom. The first-order valence-electron chi connectivity index (χ1n) is 7.18. The van der Waals surface area contributed by atoms with Crippen molar-refractivity contribution < 1.29 is 9.21 Å². The van der Waals surface area contributed by atoms with Gasteiger partial charge in [0.05, 0.1) is 30.0 Å². The Labute approximate surface area is 121 Å². The van der Waals surface area contributed by atoms with Crippen molar-refractivity contribution in [1.82, 2.24) is 14.7 Å². The van der Waals surface area contributed by atoms with Crippen molar-refractivity contribution >= 4 is 5.91 Å². The van der Waals surface area contributed by atoms with Crippen molar-refractivity contribution in [2.75, 3.05) is 6.54 Å². The lowest BCUT2D eigenvalue weighted by Crippen LogP contribution is -2.38. The average Bonchev–Trinajstić information content (AvgIpc) is 3.07. The second kappa shape index (κ2) is 4.58. The predicted molar refractivity (Wildman–Crippen MR) is 74.0 cm³/mol. The summed E-state index contributed by atoms with van der Waals surface area (Å²) >= 11 is 0. The van der Waals surface area contributed by atoms with E-state index >= 15 is 0 Å². The number of nitrogens with zero attached hydrogens (tertiary/aromatic N) is 3. The molecule has 0 N–H and O–H groups in total. The van der Waals surface area contributed by atoms with Crippen LogP contribution in [0.5, 0.6) is 0 Å². The summed E-state index contributed by atoms with van der Waals surface area (Å²) < 4.78 is 6.82. The Balaban J connectivity index is 1.61. The minimum Gasteiger partial charge on any atom is -0.430 e. The summed E-state index contributed by atoms with van der Waals surface area (Å²) in [6, 6.07) is 2.80. The topological polar surface area (TPSA) is 68.3 Å². The van der Waals surface area contributed by atoms with E-state index in [0.717, 1.165) is 25.8 Å². The van der Waals surface area contributed by atoms with E-state index in [-0.39, 0.29) is 5.91 Å². The zero-order chi connectivity index (χ0) is 14.4. The lowest BCUT2D eigenvalue weighted by Gasteiger charge is -2.28. The first kappa shape index (κ1) is 12.4. The van der Waals surface area contributed by atoms with Gasteiger partial charge in [-0.2, -0.15) is 5.10 Å². The molecule has 0 radical (unpaired) electrons. The summed E-state index contributed by atoms with van der Waals surface area (Å²) in [5.41, 5.74) is 3.66. The minimum atomic E-state index is -0.443. The largest absolute Gasteiger partial charge is 0.430 e. The van der Waals surface area contributed by atoms with Crippen LogP contribution in [0.25, 0.3) is 0 Å². The number of hydrogen-bond donors (Lipinski definition) is 0. The molecule has 3 heterocycles. The van der Waals surface area contributed by atoms with E-state index in [0.29, 0.717) is 18.7 Å². The van der Waals surface area contributed by atoms with Crippen LogP contribution in [-0.2, 0) is 25.9 Å². The van der Waals surface area contributed by atoms with Gasteiger partial charge in [0.2, 0.25) is 0 Å². The molecule has 21 heavy (non-hydrogen) atoms. The van der Waals surface area contributed by atoms with Crippen molar-refractivity contribution in [2.24, 2.45) is 0 Å². The molecular weight excluding hydrogens is 270 g/mol. The summed E-state index contributed by atoms with van der Waals surface area (Å²) in [5.74, 6) is -0.0991. The van der Waals surface area contributed by atoms with E-state index in [1.54, 1.807) is 4.90 Å². The van der Waals surface area contributed by atoms with Crippen LogP contribution in [0, 0.1) is 0 Å². The van der Waals surface area contributed by atoms with E-state index in [2.05, 4.69) is 5.10 Å². The highest BCUT2D eigenvalue weighted by molar-refractivity contribution is 5.93. The molecule has 1 aliphatic carbocycles. The SMILES string of the molecule is O=C(c1ccc(=O)oc1)N1CCn2nc3c(c2C1)CCC3. The average molecular weight is 285 g/mol. The van der Waals surface area contributed by atoms with Gasteiger partial charge in [-0.05, 0) is 30.9 Å². The van der Waals surface area contributed by atoms with Gasteiger partial charge in [-0.3, -0.25) is 9.48 Å². The third-order valence-electron chi connectivity index (χ3n) is 4.25. The molecule has 0 fully saturated rings. The highest BCUT2D eigenvalue weighted by Gasteiger charge is 2.29. The fourth-order valence-corrected chi connectivity index (χ4v) is 3.18. The Kier molecular flexibility index (Phi) is 2.70. The first-order chi connectivity index (χ1) is 10.2. The maximum atomic E-state index is 12.5. The fourth-order valence-electron chi connectivity index (χ4n) is 3.18. The molecule has 0 saturated carbocycles. The lowest BCUT2D eigenvalue weighted by atomic mass is 10.1. The molecule has 0 saturated heterocycles. The fraction of sp³-hybridized carbons (Fsp3) is 0.400. The molecule has 2 aromatic rings. The molecular formula is C15H15N3O3. The summed E-state index contributed by atoms with van der Waals surface area (Å²) in [5, 5.41) is 4.63. The van der Waals surface area contributed by atoms with Gasteiger partial charge < -0.3 is 9.32 Å². The molecule has 2 aromatic heterocycles. The van der Waals surface area contributed by atoms with Crippen molar-refractivity contribution in [2.45, 2.75) is 32.4 Å². The Morgan fingerprint density at radius 1 is 1.24 bits per heavy atom. The summed E-state index contributed by atoms with van der Waals surface area (Å²) in [4.78, 5) is 25.2. The zero-order valence-electron chi connectivity index (χ0n) is 11.5. The van der Waals surface area contributed by atoms with E-state index in [9.17, 15) is 9.59 Å². The summed E-state index contributed by atoms with van der Waals surface area (Å²) in [6.45, 7) is 1.94. The van der Waals surface area contributed by atoms with Crippen LogP contribution in [-0.4, -0.2) is 27.1 Å². The van der Waals surface area contributed by atoms with Crippen molar-refractivity contribution in [3.05, 3.63) is 51.3 Å². The van der Waals surface area contributed by atoms with E-state index in [4.69, 9.17) is 4.42 Å². The van der Waals surface area contributed by atoms with Crippen LogP contribution in [0.4, 0.5) is 0 Å². The number of aromatic nitrogens is 2. The zero-order valence-corrected chi connectivity index (χ0v) is 11.5. The van der Waals surface area contributed by atoms with Gasteiger partial charge in [0.25, 0.3) is 5.91 Å². The van der Waals surface area contributed by atoms with Crippen LogP contribution in [0.1, 0.15) is 33.7 Å². The Morgan fingerprint density at radius 3 is 2.95 bits per heavy atom. The highest BCUT2D eigenvalue weighted by atomic mass is 16.4. The minimum absolute atomic E-state index is 0.0991. The maximum absolute atomic E-state index is 12.5. The van der Waals surface area contributed by atoms with Gasteiger partial charge in [0.1, 0.15) is 6.26 Å². The third-order valence-corrected chi connectivity index (χ3v) is 4.25. The molecule has 0 spiro atoms. The van der Waals surface area contributed by atoms with Crippen LogP contribution in [0.3, 0.4) is 0 Å². The van der Waals surface area contributed by atoms with Crippen LogP contribution >= 0.6 is 0 Å². The number of carbonyl (C=O) groups excluding carboxylic acids is 1. The van der Waals surface area contributed by atoms with E-state index in [1.807, 2.05) is 4.68 Å². The number of fused-ring (bicyclic) bond motifs is 3. The second-order valence-corrected chi connectivity index (χ2v) is 5.52. The van der Waals surface area contributed by atoms with Crippen molar-refractivity contribution in [3.63, 3.8) is 0 Å². The summed E-state index contributed by atoms with van der Waals surface area (Å²) in [7, 11) is 0. The van der Waals surface area contributed by atoms with Gasteiger partial charge in [0.15, 0.2) is 0 Å². The molecule has 1 aliphatic heterocycles. The normalized spacial score (nSPS) is 16.7. The van der Waals surface area contributed by atoms with Crippen molar-refractivity contribution in [1.29, 1.82) is 0 Å². The number of rotatable bonds is 1. The standard InChI is InChI=1S/C15H15N3O3/c19-14-5-4-10(9-21-14)15(20)17-6-7-18-13(8-17)11-2-1-3-12(11)16-18/h4-5,9H,1-3,6-8H2. The lowest BCUT2D eigenvalue weighted by molar-refractivity contribution is 0.0702. The monoisotopic (exact) mass is 285 g/mol. The molecule has 0 atom stereocenters. The molecule has 108 valence electrons. The summed E-state index contributed by atoms with van der Waals surface area (Å²) in [6.07, 6.45) is 4.50. The predicted octanol–water partition coefficient (Wildman–Crippen LogP) is 0.981. The van der Waals surface area contributed by atoms with E-state index in [1.165, 1.54) is 35.3 Å². The number of amides is 1. The van der Waals surface area contributed by atoms with Crippen LogP contribution in [0.2, 0.25) is 0 Å². The van der Waals surface area contributed by atoms with Gasteiger partial charge >= 0.3 is 5.63 Å². The smallest absolute Gasteiger partial charge is 0.335 e. The van der Waals surface area contributed by atoms with E-state index < -0.39 is 5.63 Å². The number of aryl methyl sites for hydroxylation is 1. The van der Waals surface area contributed by atoms with Gasteiger partial charge in [-0.15, -0.1) is 0 Å². The number of carbonyl (C=O) groups is 1. The van der Waals surface area contributed by atoms with Crippen molar-refractivity contribution in [3.8, 4) is 0 Å². The molecule has 2 aliphatic rings. The number of hydrogen-bond acceptors (Lipinski definition) is 4. The first-order valence-corrected chi connectivity index (χ1v) is 7.18. The maximum Gasteiger partial charge on any atom is 0.335 e. The van der Waals surface area contributed by atoms with Gasteiger partial charge in [-0.25, -0.2) is 4.79 Å². The van der Waals surface area contributed by atoms with Gasteiger partial charge in [0, 0.05) is 12.6 Å². The quantitative estimate of drug-likeness (QED) is 0.783. The molecule has 1 amide bonds. The highest BCUT2D eigenvalue weighted by Crippen LogP contribution is 2.28. The molecule has 4 rings (SSSR count). The van der Waals surface area contributed by atoms with Gasteiger partial charge in [-0.1, -0.05) is 0 Å². The Bertz CT molecular complexity index is 754. The van der Waals surface area contributed by atoms with Crippen LogP contribution < -0.4 is 5.63 Å². The Hall–Kier alpha value is -2.37. The molecule has 0 aromatic carbocycles. The van der Waals surface area contributed by atoms with Crippen LogP contribution in [0.15, 0.2) is 27.6 Å². The third kappa shape index (κ3) is 1.98. The second-order valence-electron chi connectivity index (χ2n) is 5.52. The molecule has 6 heteroatoms. The molecule has 0 bridgehead atoms.